The Morgan fingerprint density at radius 2 is 2.00 bits per heavy atom. The van der Waals surface area contributed by atoms with Gasteiger partial charge in [-0.15, -0.1) is 0 Å². The zero-order valence-corrected chi connectivity index (χ0v) is 7.60. The highest BCUT2D eigenvalue weighted by molar-refractivity contribution is 6.15. The van der Waals surface area contributed by atoms with Gasteiger partial charge in [0.1, 0.15) is 0 Å². The summed E-state index contributed by atoms with van der Waals surface area (Å²) < 4.78 is 5.36. The van der Waals surface area contributed by atoms with Crippen molar-refractivity contribution in [2.75, 3.05) is 7.11 Å². The van der Waals surface area contributed by atoms with Crippen LogP contribution in [0.1, 0.15) is 39.0 Å². The lowest BCUT2D eigenvalue weighted by atomic mass is 9.63. The third-order valence-corrected chi connectivity index (χ3v) is 2.83. The molecule has 0 aromatic rings. The molecule has 1 aliphatic rings. The molecule has 11 heavy (non-hydrogen) atoms. The molecule has 1 rings (SSSR count). The van der Waals surface area contributed by atoms with E-state index in [0.717, 1.165) is 19.3 Å². The van der Waals surface area contributed by atoms with Crippen LogP contribution < -0.4 is 0 Å². The SMILES string of the molecule is [B]C1([C@@H](CC)OC)CCCC1. The fourth-order valence-electron chi connectivity index (χ4n) is 2.16. The first-order valence-electron chi connectivity index (χ1n) is 4.54. The summed E-state index contributed by atoms with van der Waals surface area (Å²) in [5, 5.41) is -0.0104. The van der Waals surface area contributed by atoms with Gasteiger partial charge in [0.05, 0.1) is 14.0 Å². The monoisotopic (exact) mass is 152 g/mol. The molecule has 0 aliphatic heterocycles. The predicted octanol–water partition coefficient (Wildman–Crippen LogP) is 2.31. The van der Waals surface area contributed by atoms with Gasteiger partial charge < -0.3 is 4.74 Å². The second kappa shape index (κ2) is 3.62. The molecule has 2 heteroatoms. The minimum absolute atomic E-state index is 0.0104. The van der Waals surface area contributed by atoms with Gasteiger partial charge in [-0.25, -0.2) is 0 Å². The molecule has 0 saturated heterocycles. The van der Waals surface area contributed by atoms with Crippen LogP contribution >= 0.6 is 0 Å². The zero-order chi connectivity index (χ0) is 8.32. The van der Waals surface area contributed by atoms with Crippen molar-refractivity contribution >= 4 is 7.85 Å². The van der Waals surface area contributed by atoms with Crippen LogP contribution in [-0.2, 0) is 4.74 Å². The topological polar surface area (TPSA) is 9.23 Å². The van der Waals surface area contributed by atoms with E-state index in [4.69, 9.17) is 12.6 Å². The first-order chi connectivity index (χ1) is 5.23. The van der Waals surface area contributed by atoms with Crippen molar-refractivity contribution in [3.8, 4) is 0 Å². The minimum Gasteiger partial charge on any atom is -0.382 e. The molecule has 1 fully saturated rings. The molecule has 1 aliphatic carbocycles. The van der Waals surface area contributed by atoms with Crippen molar-refractivity contribution in [1.82, 2.24) is 0 Å². The average Bonchev–Trinajstić information content (AvgIpc) is 2.39. The molecule has 0 unspecified atom stereocenters. The maximum atomic E-state index is 6.20. The van der Waals surface area contributed by atoms with Gasteiger partial charge in [-0.1, -0.05) is 32.6 Å². The summed E-state index contributed by atoms with van der Waals surface area (Å²) in [7, 11) is 7.96. The van der Waals surface area contributed by atoms with E-state index in [2.05, 4.69) is 6.92 Å². The second-order valence-corrected chi connectivity index (χ2v) is 3.57. The van der Waals surface area contributed by atoms with Gasteiger partial charge in [0.2, 0.25) is 0 Å². The zero-order valence-electron chi connectivity index (χ0n) is 7.60. The van der Waals surface area contributed by atoms with E-state index < -0.39 is 0 Å². The molecule has 62 valence electrons. The maximum absolute atomic E-state index is 6.20. The summed E-state index contributed by atoms with van der Waals surface area (Å²) in [6.45, 7) is 2.14. The van der Waals surface area contributed by atoms with Crippen LogP contribution in [0.5, 0.6) is 0 Å². The molecule has 0 aromatic carbocycles. The van der Waals surface area contributed by atoms with E-state index >= 15 is 0 Å². The molecule has 1 saturated carbocycles. The Labute approximate surface area is 70.9 Å². The Morgan fingerprint density at radius 3 is 2.36 bits per heavy atom. The van der Waals surface area contributed by atoms with Crippen molar-refractivity contribution in [3.05, 3.63) is 0 Å². The molecule has 0 N–H and O–H groups in total. The van der Waals surface area contributed by atoms with Gasteiger partial charge in [0.25, 0.3) is 0 Å². The van der Waals surface area contributed by atoms with Crippen molar-refractivity contribution in [3.63, 3.8) is 0 Å². The number of rotatable bonds is 3. The summed E-state index contributed by atoms with van der Waals surface area (Å²) in [5.74, 6) is 0. The summed E-state index contributed by atoms with van der Waals surface area (Å²) >= 11 is 0. The van der Waals surface area contributed by atoms with Crippen molar-refractivity contribution in [1.29, 1.82) is 0 Å². The highest BCUT2D eigenvalue weighted by Gasteiger charge is 2.35. The largest absolute Gasteiger partial charge is 0.382 e. The Kier molecular flexibility index (Phi) is 3.00. The predicted molar refractivity (Wildman–Crippen MR) is 48.0 cm³/mol. The van der Waals surface area contributed by atoms with Crippen LogP contribution in [0.3, 0.4) is 0 Å². The van der Waals surface area contributed by atoms with Crippen LogP contribution in [0.2, 0.25) is 5.31 Å². The Hall–Kier alpha value is 0.0249. The molecular formula is C9H17BO. The lowest BCUT2D eigenvalue weighted by Gasteiger charge is -2.32. The number of hydrogen-bond acceptors (Lipinski definition) is 1. The van der Waals surface area contributed by atoms with Crippen molar-refractivity contribution in [2.45, 2.75) is 50.4 Å². The third-order valence-electron chi connectivity index (χ3n) is 2.83. The lowest BCUT2D eigenvalue weighted by Crippen LogP contribution is -2.27. The molecule has 0 spiro atoms. The number of hydrogen-bond donors (Lipinski definition) is 0. The van der Waals surface area contributed by atoms with E-state index in [1.54, 1.807) is 7.11 Å². The van der Waals surface area contributed by atoms with E-state index in [0.29, 0.717) is 0 Å². The van der Waals surface area contributed by atoms with Crippen molar-refractivity contribution < 1.29 is 4.74 Å². The van der Waals surface area contributed by atoms with Crippen LogP contribution in [-0.4, -0.2) is 21.1 Å². The molecule has 0 bridgehead atoms. The Bertz CT molecular complexity index is 115. The number of ether oxygens (including phenoxy) is 1. The van der Waals surface area contributed by atoms with E-state index in [-0.39, 0.29) is 11.4 Å². The molecule has 1 nitrogen and oxygen atoms in total. The standard InChI is InChI=1S/C9H17BO/c1-3-8(11-2)9(10)6-4-5-7-9/h8H,3-7H2,1-2H3/t8-/m1/s1. The van der Waals surface area contributed by atoms with Gasteiger partial charge in [0, 0.05) is 7.11 Å². The smallest absolute Gasteiger partial charge is 0.0781 e. The van der Waals surface area contributed by atoms with Crippen molar-refractivity contribution in [2.24, 2.45) is 0 Å². The van der Waals surface area contributed by atoms with Gasteiger partial charge in [0.15, 0.2) is 0 Å². The minimum atomic E-state index is -0.0104. The molecular weight excluding hydrogens is 135 g/mol. The van der Waals surface area contributed by atoms with E-state index in [1.165, 1.54) is 12.8 Å². The van der Waals surface area contributed by atoms with Crippen LogP contribution in [0.15, 0.2) is 0 Å². The lowest BCUT2D eigenvalue weighted by molar-refractivity contribution is 0.0598. The van der Waals surface area contributed by atoms with E-state index in [9.17, 15) is 0 Å². The van der Waals surface area contributed by atoms with Gasteiger partial charge in [-0.2, -0.15) is 0 Å². The third kappa shape index (κ3) is 1.78. The Morgan fingerprint density at radius 1 is 1.45 bits per heavy atom. The Balaban J connectivity index is 2.53. The van der Waals surface area contributed by atoms with Crippen LogP contribution in [0.4, 0.5) is 0 Å². The molecule has 0 amide bonds. The van der Waals surface area contributed by atoms with E-state index in [1.807, 2.05) is 0 Å². The molecule has 1 atom stereocenters. The fraction of sp³-hybridized carbons (Fsp3) is 1.00. The quantitative estimate of drug-likeness (QED) is 0.564. The van der Waals surface area contributed by atoms with Gasteiger partial charge in [-0.3, -0.25) is 0 Å². The van der Waals surface area contributed by atoms with Crippen LogP contribution in [0.25, 0.3) is 0 Å². The highest BCUT2D eigenvalue weighted by atomic mass is 16.5. The second-order valence-electron chi connectivity index (χ2n) is 3.57. The normalized spacial score (nSPS) is 25.3. The molecule has 0 aromatic heterocycles. The highest BCUT2D eigenvalue weighted by Crippen LogP contribution is 2.46. The van der Waals surface area contributed by atoms with Gasteiger partial charge >= 0.3 is 0 Å². The summed E-state index contributed by atoms with van der Waals surface area (Å²) in [5.41, 5.74) is 0. The number of methoxy groups -OCH3 is 1. The summed E-state index contributed by atoms with van der Waals surface area (Å²) in [4.78, 5) is 0. The average molecular weight is 152 g/mol. The first-order valence-corrected chi connectivity index (χ1v) is 4.54. The fourth-order valence-corrected chi connectivity index (χ4v) is 2.16. The van der Waals surface area contributed by atoms with Crippen LogP contribution in [0, 0.1) is 0 Å². The maximum Gasteiger partial charge on any atom is 0.0781 e. The first kappa shape index (κ1) is 9.12. The summed E-state index contributed by atoms with van der Waals surface area (Å²) in [6.07, 6.45) is 6.13. The molecule has 0 heterocycles. The summed E-state index contributed by atoms with van der Waals surface area (Å²) in [6, 6.07) is 0. The van der Waals surface area contributed by atoms with Gasteiger partial charge in [-0.05, 0) is 11.7 Å². The molecule has 2 radical (unpaired) electrons.